The summed E-state index contributed by atoms with van der Waals surface area (Å²) >= 11 is 0. The minimum atomic E-state index is -4.56. The Bertz CT molecular complexity index is 9160. The van der Waals surface area contributed by atoms with Gasteiger partial charge in [-0.05, 0) is 340 Å². The number of hydrogen-bond donors (Lipinski definition) is 0. The molecule has 12 aliphatic carbocycles. The first-order chi connectivity index (χ1) is 72.2. The Hall–Kier alpha value is -17.3. The topological polar surface area (TPSA) is 102 Å². The quantitative estimate of drug-likeness (QED) is 0.164. The Kier molecular flexibility index (Phi) is 15.1. The van der Waals surface area contributed by atoms with Crippen molar-refractivity contribution in [3.05, 3.63) is 607 Å². The Morgan fingerprint density at radius 1 is 0.109 bits per heavy atom. The fourth-order valence-electron chi connectivity index (χ4n) is 31.3. The Morgan fingerprint density at radius 2 is 0.218 bits per heavy atom. The van der Waals surface area contributed by atoms with Crippen molar-refractivity contribution in [3.8, 4) is 134 Å². The predicted octanol–water partition coefficient (Wildman–Crippen LogP) is 30.2. The molecular weight excluding hydrogens is 1850 g/mol. The van der Waals surface area contributed by atoms with Crippen LogP contribution in [0.3, 0.4) is 0 Å². The smallest absolute Gasteiger partial charge is 0.206 e. The number of rotatable bonds is 6. The van der Waals surface area contributed by atoms with E-state index >= 15 is 25.3 Å². The molecule has 9 heteroatoms. The first-order valence-electron chi connectivity index (χ1n) is 50.6. The molecule has 34 rings (SSSR count). The number of benzene rings is 22. The fraction of sp³-hybridized carbons (Fsp3) is 0.0435. The van der Waals surface area contributed by atoms with E-state index in [0.717, 1.165) is 267 Å². The predicted molar refractivity (Wildman–Crippen MR) is 580 cm³/mol. The van der Waals surface area contributed by atoms with Gasteiger partial charge in [0.05, 0.1) is 61.9 Å². The summed E-state index contributed by atoms with van der Waals surface area (Å²) in [6.07, 6.45) is 0. The summed E-state index contributed by atoms with van der Waals surface area (Å²) in [4.78, 5) is 0.809. The molecule has 12 aliphatic rings. The molecule has 0 aliphatic heterocycles. The van der Waals surface area contributed by atoms with Crippen LogP contribution in [0.25, 0.3) is 134 Å². The van der Waals surface area contributed by atoms with Gasteiger partial charge in [-0.3, -0.25) is 0 Å². The average Bonchev–Trinajstić information content (AvgIpc) is 1.44. The van der Waals surface area contributed by atoms with E-state index in [1.54, 1.807) is 0 Å². The summed E-state index contributed by atoms with van der Waals surface area (Å²) in [6.45, 7) is 0. The SMILES string of the molecule is O=S(=O)(c1ccc2c(c1)C1(c3ccccc3-c3ccccc31)c1ccccc1-2)c1ccc2c(c1)C1(c3ccccc3-c3ccccc31)c1c-2c2c(c3c1-c1ccc(S(=O)(=O)c4ccc5c(c4)C4(c6ccccc6-c6ccccc64)c4ccccc4-5)cc1C31c3ccccc3-c3ccccc31)-c1ccc(S(=O)(=O)c3ccc4c(c3)C3(c5ccccc5-c5ccccc53)c3ccccc3-4)cc1C21c2ccccc2-c2ccccc21. The highest BCUT2D eigenvalue weighted by Gasteiger charge is 2.67. The van der Waals surface area contributed by atoms with Crippen molar-refractivity contribution in [1.82, 2.24) is 0 Å². The lowest BCUT2D eigenvalue weighted by Crippen LogP contribution is -2.31. The van der Waals surface area contributed by atoms with Gasteiger partial charge < -0.3 is 0 Å². The van der Waals surface area contributed by atoms with Gasteiger partial charge in [0.25, 0.3) is 0 Å². The van der Waals surface area contributed by atoms with Crippen LogP contribution in [-0.4, -0.2) is 25.3 Å². The maximum atomic E-state index is 17.6. The molecule has 0 heterocycles. The van der Waals surface area contributed by atoms with E-state index in [1.807, 2.05) is 91.0 Å². The number of fused-ring (bicyclic) bond motifs is 63. The molecule has 6 spiro atoms. The van der Waals surface area contributed by atoms with Gasteiger partial charge in [-0.15, -0.1) is 0 Å². The maximum Gasteiger partial charge on any atom is 0.206 e. The molecule has 0 N–H and O–H groups in total. The normalized spacial score (nSPS) is 15.8. The molecule has 0 radical (unpaired) electrons. The lowest BCUT2D eigenvalue weighted by molar-refractivity contribution is 0.593. The first-order valence-corrected chi connectivity index (χ1v) is 55.0. The van der Waals surface area contributed by atoms with Gasteiger partial charge in [0.2, 0.25) is 29.5 Å². The highest BCUT2D eigenvalue weighted by molar-refractivity contribution is 7.92. The third-order valence-corrected chi connectivity index (χ3v) is 41.5. The van der Waals surface area contributed by atoms with Crippen molar-refractivity contribution in [2.75, 3.05) is 0 Å². The van der Waals surface area contributed by atoms with Crippen molar-refractivity contribution in [2.45, 2.75) is 61.9 Å². The second-order valence-electron chi connectivity index (χ2n) is 41.7. The fourth-order valence-corrected chi connectivity index (χ4v) is 35.2. The van der Waals surface area contributed by atoms with E-state index in [2.05, 4.69) is 382 Å². The minimum Gasteiger partial charge on any atom is -0.219 e. The highest BCUT2D eigenvalue weighted by Crippen LogP contribution is 2.79. The Balaban J connectivity index is 0.676. The number of sulfone groups is 3. The van der Waals surface area contributed by atoms with E-state index in [0.29, 0.717) is 0 Å². The molecule has 22 aromatic carbocycles. The zero-order chi connectivity index (χ0) is 96.8. The van der Waals surface area contributed by atoms with E-state index < -0.39 is 62.0 Å². The van der Waals surface area contributed by atoms with Crippen molar-refractivity contribution in [3.63, 3.8) is 0 Å². The summed E-state index contributed by atoms with van der Waals surface area (Å²) in [7, 11) is -13.7. The van der Waals surface area contributed by atoms with Gasteiger partial charge in [0.15, 0.2) is 0 Å². The van der Waals surface area contributed by atoms with Crippen LogP contribution in [0.4, 0.5) is 0 Å². The second kappa shape index (κ2) is 27.4. The maximum absolute atomic E-state index is 17.6. The highest BCUT2D eigenvalue weighted by atomic mass is 32.2. The van der Waals surface area contributed by atoms with Gasteiger partial charge >= 0.3 is 0 Å². The summed E-state index contributed by atoms with van der Waals surface area (Å²) in [5.41, 5.74) is 40.2. The van der Waals surface area contributed by atoms with Gasteiger partial charge in [0.1, 0.15) is 0 Å². The molecule has 0 unspecified atom stereocenters. The largest absolute Gasteiger partial charge is 0.219 e. The van der Waals surface area contributed by atoms with Gasteiger partial charge in [0, 0.05) is 0 Å². The van der Waals surface area contributed by atoms with Gasteiger partial charge in [-0.2, -0.15) is 0 Å². The summed E-state index contributed by atoms with van der Waals surface area (Å²) in [6, 6.07) is 165. The van der Waals surface area contributed by atoms with Crippen molar-refractivity contribution in [1.29, 1.82) is 0 Å². The molecule has 0 bridgehead atoms. The molecule has 0 atom stereocenters. The lowest BCUT2D eigenvalue weighted by atomic mass is 9.63. The molecule has 0 amide bonds. The number of hydrogen-bond acceptors (Lipinski definition) is 6. The molecule has 0 aromatic heterocycles. The van der Waals surface area contributed by atoms with Gasteiger partial charge in [-0.25, -0.2) is 25.3 Å². The molecule has 0 fully saturated rings. The molecular formula is C138H78O6S3. The van der Waals surface area contributed by atoms with Crippen LogP contribution in [0.15, 0.2) is 503 Å². The molecule has 22 aromatic rings. The van der Waals surface area contributed by atoms with E-state index in [4.69, 9.17) is 0 Å². The van der Waals surface area contributed by atoms with Crippen LogP contribution < -0.4 is 0 Å². The van der Waals surface area contributed by atoms with E-state index in [-0.39, 0.29) is 29.4 Å². The molecule has 6 nitrogen and oxygen atoms in total. The Morgan fingerprint density at radius 3 is 0.361 bits per heavy atom. The molecule has 147 heavy (non-hydrogen) atoms. The first kappa shape index (κ1) is 81.1. The molecule has 684 valence electrons. The standard InChI is InChI=1S/C138H78O6S3/c139-145(140,79-61-67-100-97-43-7-22-52-112(97)133(121(100)73-79)106-46-16-1-31-85(106)86-32-2-17-47-107(86)133)82-64-70-103-124(76-82)136(115-55-25-10-37-91(115)92-38-11-26-56-116(92)136)130-127(103)131-129(105-72-66-84(78-126(105)137(131)117-57-27-12-39-93(117)94-40-13-28-58-118(94)137)147(143,144)81-63-69-102-99-45-9-24-54-114(99)135(123(102)75-81)110-50-20-5-35-89(110)90-36-6-21-51-111(90)135)132-128(130)104-71-65-83(77-125(104)138(132)119-59-29-14-41-95(119)96-42-15-30-60-120(96)138)146(141,142)80-62-68-101-98-44-8-23-53-113(98)134(122(101)74-80)108-48-18-3-33-87(108)88-34-4-19-49-109(88)134/h1-78H. The van der Waals surface area contributed by atoms with Crippen molar-refractivity contribution >= 4 is 29.5 Å². The Labute approximate surface area is 850 Å². The minimum absolute atomic E-state index is 0.112. The van der Waals surface area contributed by atoms with Crippen LogP contribution in [0.2, 0.25) is 0 Å². The zero-order valence-electron chi connectivity index (χ0n) is 78.7. The average molecular weight is 1930 g/mol. The van der Waals surface area contributed by atoms with E-state index in [9.17, 15) is 0 Å². The third kappa shape index (κ3) is 9.05. The van der Waals surface area contributed by atoms with E-state index in [1.165, 1.54) is 0 Å². The summed E-state index contributed by atoms with van der Waals surface area (Å²) < 4.78 is 106. The zero-order valence-corrected chi connectivity index (χ0v) is 81.2. The van der Waals surface area contributed by atoms with Crippen LogP contribution in [0, 0.1) is 0 Å². The summed E-state index contributed by atoms with van der Waals surface area (Å²) in [5.74, 6) is 0. The van der Waals surface area contributed by atoms with Crippen molar-refractivity contribution in [2.24, 2.45) is 0 Å². The van der Waals surface area contributed by atoms with Crippen LogP contribution in [0.1, 0.15) is 134 Å². The van der Waals surface area contributed by atoms with Crippen LogP contribution in [-0.2, 0) is 62.0 Å². The summed E-state index contributed by atoms with van der Waals surface area (Å²) in [5, 5.41) is 0. The van der Waals surface area contributed by atoms with Gasteiger partial charge in [-0.1, -0.05) is 400 Å². The lowest BCUT2D eigenvalue weighted by Gasteiger charge is -2.37. The third-order valence-electron chi connectivity index (χ3n) is 36.2. The van der Waals surface area contributed by atoms with Crippen LogP contribution >= 0.6 is 0 Å². The monoisotopic (exact) mass is 1930 g/mol. The molecule has 0 saturated heterocycles. The van der Waals surface area contributed by atoms with Crippen LogP contribution in [0.5, 0.6) is 0 Å². The van der Waals surface area contributed by atoms with Crippen molar-refractivity contribution < 1.29 is 25.3 Å². The second-order valence-corrected chi connectivity index (χ2v) is 47.5. The molecule has 0 saturated carbocycles.